The molecule has 2 N–H and O–H groups in total. The van der Waals surface area contributed by atoms with Gasteiger partial charge < -0.3 is 10.3 Å². The molecule has 1 atom stereocenters. The van der Waals surface area contributed by atoms with E-state index in [1.54, 1.807) is 13.8 Å². The second kappa shape index (κ2) is 5.25. The lowest BCUT2D eigenvalue weighted by Gasteiger charge is -2.11. The molecule has 0 aromatic carbocycles. The van der Waals surface area contributed by atoms with Crippen LogP contribution in [0.1, 0.15) is 30.6 Å². The number of hydrogen-bond donors (Lipinski definition) is 2. The molecular formula is C11H14N2O3. The zero-order chi connectivity index (χ0) is 12.1. The zero-order valence-corrected chi connectivity index (χ0v) is 9.24. The van der Waals surface area contributed by atoms with Crippen LogP contribution in [-0.2, 0) is 4.79 Å². The normalized spacial score (nSPS) is 11.9. The van der Waals surface area contributed by atoms with Crippen molar-refractivity contribution in [2.75, 3.05) is 0 Å². The number of pyridine rings is 1. The molecule has 1 rings (SSSR count). The monoisotopic (exact) mass is 222 g/mol. The molecule has 0 aliphatic rings. The molecule has 1 aromatic rings. The van der Waals surface area contributed by atoms with Crippen LogP contribution in [0.2, 0.25) is 0 Å². The average molecular weight is 222 g/mol. The fourth-order valence-electron chi connectivity index (χ4n) is 1.22. The molecule has 5 nitrogen and oxygen atoms in total. The Hall–Kier alpha value is -1.91. The van der Waals surface area contributed by atoms with Crippen molar-refractivity contribution >= 4 is 11.7 Å². The van der Waals surface area contributed by atoms with Gasteiger partial charge in [-0.2, -0.15) is 0 Å². The maximum absolute atomic E-state index is 11.6. The molecule has 0 fully saturated rings. The molecule has 0 saturated heterocycles. The number of carbonyl (C=O) groups is 2. The first-order valence-corrected chi connectivity index (χ1v) is 5.07. The van der Waals surface area contributed by atoms with Crippen molar-refractivity contribution in [2.45, 2.75) is 26.3 Å². The predicted molar refractivity (Wildman–Crippen MR) is 59.3 cm³/mol. The van der Waals surface area contributed by atoms with Crippen LogP contribution in [-0.4, -0.2) is 22.7 Å². The van der Waals surface area contributed by atoms with E-state index in [1.807, 2.05) is 0 Å². The molecule has 16 heavy (non-hydrogen) atoms. The Morgan fingerprint density at radius 3 is 2.62 bits per heavy atom. The number of nitrogens with one attached hydrogen (secondary N) is 2. The van der Waals surface area contributed by atoms with Crippen LogP contribution in [0.5, 0.6) is 0 Å². The van der Waals surface area contributed by atoms with Crippen molar-refractivity contribution in [2.24, 2.45) is 0 Å². The maximum Gasteiger partial charge on any atom is 0.253 e. The van der Waals surface area contributed by atoms with Crippen LogP contribution in [0.4, 0.5) is 0 Å². The van der Waals surface area contributed by atoms with E-state index in [0.717, 1.165) is 0 Å². The summed E-state index contributed by atoms with van der Waals surface area (Å²) in [5.41, 5.74) is 0.0598. The molecule has 0 bridgehead atoms. The van der Waals surface area contributed by atoms with Crippen molar-refractivity contribution in [3.63, 3.8) is 0 Å². The van der Waals surface area contributed by atoms with Crippen molar-refractivity contribution < 1.29 is 9.59 Å². The molecule has 0 spiro atoms. The van der Waals surface area contributed by atoms with E-state index in [0.29, 0.717) is 12.0 Å². The summed E-state index contributed by atoms with van der Waals surface area (Å²) in [6.07, 6.45) is 1.70. The van der Waals surface area contributed by atoms with E-state index in [-0.39, 0.29) is 17.2 Å². The number of carbonyl (C=O) groups excluding carboxylic acids is 2. The van der Waals surface area contributed by atoms with E-state index in [4.69, 9.17) is 0 Å². The Bertz CT molecular complexity index is 430. The fraction of sp³-hybridized carbons (Fsp3) is 0.364. The van der Waals surface area contributed by atoms with Crippen LogP contribution >= 0.6 is 0 Å². The van der Waals surface area contributed by atoms with Gasteiger partial charge in [0, 0.05) is 18.7 Å². The van der Waals surface area contributed by atoms with Crippen molar-refractivity contribution in [1.29, 1.82) is 0 Å². The van der Waals surface area contributed by atoms with E-state index in [9.17, 15) is 14.4 Å². The highest BCUT2D eigenvalue weighted by atomic mass is 16.2. The number of hydrogen-bond acceptors (Lipinski definition) is 3. The average Bonchev–Trinajstić information content (AvgIpc) is 2.28. The largest absolute Gasteiger partial charge is 0.342 e. The van der Waals surface area contributed by atoms with Crippen LogP contribution in [0, 0.1) is 0 Å². The fourth-order valence-corrected chi connectivity index (χ4v) is 1.22. The van der Waals surface area contributed by atoms with Gasteiger partial charge >= 0.3 is 0 Å². The molecule has 0 aliphatic heterocycles. The summed E-state index contributed by atoms with van der Waals surface area (Å²) in [5.74, 6) is -0.400. The second-order valence-electron chi connectivity index (χ2n) is 3.46. The first kappa shape index (κ1) is 12.2. The lowest BCUT2D eigenvalue weighted by molar-refractivity contribution is -0.120. The van der Waals surface area contributed by atoms with Gasteiger partial charge in [0.2, 0.25) is 5.56 Å². The first-order valence-electron chi connectivity index (χ1n) is 5.07. The van der Waals surface area contributed by atoms with Gasteiger partial charge in [-0.15, -0.1) is 0 Å². The quantitative estimate of drug-likeness (QED) is 0.777. The van der Waals surface area contributed by atoms with Gasteiger partial charge in [-0.1, -0.05) is 6.92 Å². The standard InChI is InChI=1S/C11H14N2O3/c1-3-9(14)7(2)13-11(16)8-4-5-10(15)12-6-8/h4-7H,3H2,1-2H3,(H,12,15)(H,13,16). The van der Waals surface area contributed by atoms with E-state index < -0.39 is 6.04 Å². The third-order valence-electron chi connectivity index (χ3n) is 2.23. The van der Waals surface area contributed by atoms with Gasteiger partial charge in [0.25, 0.3) is 5.91 Å². The van der Waals surface area contributed by atoms with Crippen molar-refractivity contribution in [1.82, 2.24) is 10.3 Å². The number of rotatable bonds is 4. The number of amides is 1. The Morgan fingerprint density at radius 2 is 2.12 bits per heavy atom. The SMILES string of the molecule is CCC(=O)C(C)NC(=O)c1ccc(=O)[nH]c1. The highest BCUT2D eigenvalue weighted by Crippen LogP contribution is 1.96. The lowest BCUT2D eigenvalue weighted by Crippen LogP contribution is -2.38. The number of ketones is 1. The van der Waals surface area contributed by atoms with Gasteiger partial charge in [0.1, 0.15) is 0 Å². The Balaban J connectivity index is 2.69. The number of aromatic amines is 1. The highest BCUT2D eigenvalue weighted by Gasteiger charge is 2.14. The van der Waals surface area contributed by atoms with E-state index in [2.05, 4.69) is 10.3 Å². The Kier molecular flexibility index (Phi) is 3.99. The smallest absolute Gasteiger partial charge is 0.253 e. The van der Waals surface area contributed by atoms with Gasteiger partial charge in [-0.3, -0.25) is 14.4 Å². The van der Waals surface area contributed by atoms with Crippen molar-refractivity contribution in [3.05, 3.63) is 34.2 Å². The molecule has 86 valence electrons. The van der Waals surface area contributed by atoms with Crippen LogP contribution < -0.4 is 10.9 Å². The summed E-state index contributed by atoms with van der Waals surface area (Å²) in [4.78, 5) is 36.0. The molecular weight excluding hydrogens is 208 g/mol. The van der Waals surface area contributed by atoms with Gasteiger partial charge in [0.05, 0.1) is 11.6 Å². The highest BCUT2D eigenvalue weighted by molar-refractivity contribution is 5.97. The van der Waals surface area contributed by atoms with E-state index in [1.165, 1.54) is 18.3 Å². The molecule has 5 heteroatoms. The van der Waals surface area contributed by atoms with Gasteiger partial charge in [-0.25, -0.2) is 0 Å². The minimum Gasteiger partial charge on any atom is -0.342 e. The predicted octanol–water partition coefficient (Wildman–Crippen LogP) is 0.472. The van der Waals surface area contributed by atoms with Gasteiger partial charge in [0.15, 0.2) is 5.78 Å². The summed E-state index contributed by atoms with van der Waals surface area (Å²) in [7, 11) is 0. The number of aromatic nitrogens is 1. The molecule has 1 amide bonds. The van der Waals surface area contributed by atoms with Gasteiger partial charge in [-0.05, 0) is 13.0 Å². The number of Topliss-reactive ketones (excluding diaryl/α,β-unsaturated/α-hetero) is 1. The third-order valence-corrected chi connectivity index (χ3v) is 2.23. The van der Waals surface area contributed by atoms with Crippen LogP contribution in [0.15, 0.2) is 23.1 Å². The molecule has 0 radical (unpaired) electrons. The topological polar surface area (TPSA) is 79.0 Å². The molecule has 0 saturated carbocycles. The summed E-state index contributed by atoms with van der Waals surface area (Å²) in [5, 5.41) is 2.56. The number of H-pyrrole nitrogens is 1. The minimum absolute atomic E-state index is 0.0298. The molecule has 0 aliphatic carbocycles. The lowest BCUT2D eigenvalue weighted by atomic mass is 10.1. The van der Waals surface area contributed by atoms with E-state index >= 15 is 0 Å². The summed E-state index contributed by atoms with van der Waals surface area (Å²) in [6.45, 7) is 3.38. The van der Waals surface area contributed by atoms with Crippen LogP contribution in [0.25, 0.3) is 0 Å². The van der Waals surface area contributed by atoms with Crippen molar-refractivity contribution in [3.8, 4) is 0 Å². The Labute approximate surface area is 92.9 Å². The zero-order valence-electron chi connectivity index (χ0n) is 9.24. The van der Waals surface area contributed by atoms with Crippen LogP contribution in [0.3, 0.4) is 0 Å². The summed E-state index contributed by atoms with van der Waals surface area (Å²) >= 11 is 0. The molecule has 1 unspecified atom stereocenters. The third kappa shape index (κ3) is 3.05. The summed E-state index contributed by atoms with van der Waals surface area (Å²) in [6, 6.07) is 2.17. The Morgan fingerprint density at radius 1 is 1.44 bits per heavy atom. The summed E-state index contributed by atoms with van der Waals surface area (Å²) < 4.78 is 0. The molecule has 1 aromatic heterocycles. The minimum atomic E-state index is -0.510. The maximum atomic E-state index is 11.6. The first-order chi connectivity index (χ1) is 7.54. The second-order valence-corrected chi connectivity index (χ2v) is 3.46. The molecule has 1 heterocycles.